The maximum absolute atomic E-state index is 3.95. The summed E-state index contributed by atoms with van der Waals surface area (Å²) in [4.78, 5) is 1.35. The Kier molecular flexibility index (Phi) is 2.14. The van der Waals surface area contributed by atoms with Gasteiger partial charge in [-0.1, -0.05) is 18.2 Å². The minimum absolute atomic E-state index is 0.804. The predicted octanol–water partition coefficient (Wildman–Crippen LogP) is 2.23. The van der Waals surface area contributed by atoms with Gasteiger partial charge >= 0.3 is 0 Å². The highest BCUT2D eigenvalue weighted by molar-refractivity contribution is 5.34. The Balaban J connectivity index is 2.15. The Hall–Kier alpha value is -1.97. The van der Waals surface area contributed by atoms with Gasteiger partial charge < -0.3 is 0 Å². The highest BCUT2D eigenvalue weighted by Gasteiger charge is 1.86. The molecule has 4 heteroatoms. The Morgan fingerprint density at radius 1 is 1.23 bits per heavy atom. The van der Waals surface area contributed by atoms with Crippen LogP contribution in [-0.4, -0.2) is 9.89 Å². The van der Waals surface area contributed by atoms with Crippen molar-refractivity contribution < 1.29 is 0 Å². The molecular weight excluding hydrogens is 164 g/mol. The third kappa shape index (κ3) is 1.99. The van der Waals surface area contributed by atoms with Gasteiger partial charge in [0.1, 0.15) is 6.20 Å². The Morgan fingerprint density at radius 2 is 2.08 bits per heavy atom. The molecule has 0 N–H and O–H groups in total. The summed E-state index contributed by atoms with van der Waals surface area (Å²) < 4.78 is 0. The SMILES string of the molecule is [c]1ccn(/N=N/c2ccccc2)n1. The largest absolute Gasteiger partial charge is 0.147 e. The zero-order valence-corrected chi connectivity index (χ0v) is 6.83. The Labute approximate surface area is 75.5 Å². The van der Waals surface area contributed by atoms with Crippen LogP contribution in [-0.2, 0) is 0 Å². The third-order valence-corrected chi connectivity index (χ3v) is 1.45. The molecule has 63 valence electrons. The number of benzene rings is 1. The van der Waals surface area contributed by atoms with Crippen molar-refractivity contribution in [3.63, 3.8) is 0 Å². The zero-order valence-electron chi connectivity index (χ0n) is 6.83. The van der Waals surface area contributed by atoms with Gasteiger partial charge in [-0.2, -0.15) is 0 Å². The molecule has 13 heavy (non-hydrogen) atoms. The van der Waals surface area contributed by atoms with Crippen molar-refractivity contribution in [3.8, 4) is 0 Å². The number of hydrogen-bond acceptors (Lipinski definition) is 3. The van der Waals surface area contributed by atoms with E-state index < -0.39 is 0 Å². The second kappa shape index (κ2) is 3.62. The first-order valence-corrected chi connectivity index (χ1v) is 3.84. The Morgan fingerprint density at radius 3 is 2.77 bits per heavy atom. The van der Waals surface area contributed by atoms with Crippen molar-refractivity contribution in [2.45, 2.75) is 0 Å². The average molecular weight is 171 g/mol. The van der Waals surface area contributed by atoms with Gasteiger partial charge in [-0.05, 0) is 23.4 Å². The molecule has 2 aromatic rings. The molecule has 0 saturated heterocycles. The summed E-state index contributed by atoms with van der Waals surface area (Å²) in [6.07, 6.45) is 4.30. The number of hydrogen-bond donors (Lipinski definition) is 0. The summed E-state index contributed by atoms with van der Waals surface area (Å²) in [6, 6.07) is 11.2. The molecule has 1 radical (unpaired) electrons. The van der Waals surface area contributed by atoms with Crippen LogP contribution in [0, 0.1) is 6.20 Å². The van der Waals surface area contributed by atoms with E-state index in [4.69, 9.17) is 0 Å². The smallest absolute Gasteiger partial charge is 0.115 e. The van der Waals surface area contributed by atoms with Crippen LogP contribution in [0.15, 0.2) is 52.9 Å². The Bertz CT molecular complexity index is 377. The van der Waals surface area contributed by atoms with Gasteiger partial charge in [-0.25, -0.2) is 0 Å². The van der Waals surface area contributed by atoms with E-state index in [1.54, 1.807) is 12.3 Å². The van der Waals surface area contributed by atoms with Crippen molar-refractivity contribution in [1.82, 2.24) is 9.89 Å². The van der Waals surface area contributed by atoms with E-state index >= 15 is 0 Å². The van der Waals surface area contributed by atoms with Gasteiger partial charge in [0.2, 0.25) is 0 Å². The molecule has 0 bridgehead atoms. The third-order valence-electron chi connectivity index (χ3n) is 1.45. The minimum atomic E-state index is 0.804. The molecular formula is C9H7N4. The lowest BCUT2D eigenvalue weighted by molar-refractivity contribution is 0.690. The van der Waals surface area contributed by atoms with Gasteiger partial charge in [-0.15, -0.1) is 15.0 Å². The van der Waals surface area contributed by atoms with Gasteiger partial charge in [0.15, 0.2) is 0 Å². The maximum atomic E-state index is 3.95. The second-order valence-corrected chi connectivity index (χ2v) is 2.39. The van der Waals surface area contributed by atoms with Crippen LogP contribution in [0.4, 0.5) is 5.69 Å². The van der Waals surface area contributed by atoms with Crippen molar-refractivity contribution in [3.05, 3.63) is 48.8 Å². The molecule has 0 fully saturated rings. The van der Waals surface area contributed by atoms with Crippen LogP contribution in [0.1, 0.15) is 0 Å². The first-order valence-electron chi connectivity index (χ1n) is 3.84. The van der Waals surface area contributed by atoms with Crippen LogP contribution in [0.2, 0.25) is 0 Å². The highest BCUT2D eigenvalue weighted by atomic mass is 15.6. The summed E-state index contributed by atoms with van der Waals surface area (Å²) in [6.45, 7) is 0. The number of rotatable bonds is 2. The average Bonchev–Trinajstić information content (AvgIpc) is 2.69. The summed E-state index contributed by atoms with van der Waals surface area (Å²) in [5, 5.41) is 11.6. The molecule has 0 saturated carbocycles. The fourth-order valence-electron chi connectivity index (χ4n) is 0.868. The van der Waals surface area contributed by atoms with E-state index in [2.05, 4.69) is 21.6 Å². The molecule has 0 aliphatic carbocycles. The van der Waals surface area contributed by atoms with E-state index in [1.807, 2.05) is 30.3 Å². The fourth-order valence-corrected chi connectivity index (χ4v) is 0.868. The number of nitrogens with zero attached hydrogens (tertiary/aromatic N) is 4. The first kappa shape index (κ1) is 7.67. The van der Waals surface area contributed by atoms with Crippen molar-refractivity contribution in [2.24, 2.45) is 10.3 Å². The van der Waals surface area contributed by atoms with E-state index in [0.29, 0.717) is 0 Å². The topological polar surface area (TPSA) is 42.5 Å². The molecule has 4 nitrogen and oxygen atoms in total. The van der Waals surface area contributed by atoms with Gasteiger partial charge in [0.25, 0.3) is 0 Å². The molecule has 1 aromatic carbocycles. The van der Waals surface area contributed by atoms with E-state index in [-0.39, 0.29) is 0 Å². The van der Waals surface area contributed by atoms with E-state index in [1.165, 1.54) is 4.79 Å². The van der Waals surface area contributed by atoms with Crippen LogP contribution >= 0.6 is 0 Å². The van der Waals surface area contributed by atoms with Crippen molar-refractivity contribution in [1.29, 1.82) is 0 Å². The summed E-state index contributed by atoms with van der Waals surface area (Å²) in [5.74, 6) is 0. The van der Waals surface area contributed by atoms with Crippen LogP contribution in [0.3, 0.4) is 0 Å². The second-order valence-electron chi connectivity index (χ2n) is 2.39. The molecule has 1 heterocycles. The van der Waals surface area contributed by atoms with Crippen LogP contribution < -0.4 is 0 Å². The molecule has 0 unspecified atom stereocenters. The first-order chi connectivity index (χ1) is 6.45. The maximum Gasteiger partial charge on any atom is 0.115 e. The standard InChI is InChI=1S/C9H7N4/c1-2-5-9(6-3-1)11-12-13-8-4-7-10-13/h1-6,8H/b12-11+. The lowest BCUT2D eigenvalue weighted by atomic mass is 10.3. The normalized spacial score (nSPS) is 10.8. The summed E-state index contributed by atoms with van der Waals surface area (Å²) >= 11 is 0. The van der Waals surface area contributed by atoms with Gasteiger partial charge in [0.05, 0.1) is 11.9 Å². The van der Waals surface area contributed by atoms with Crippen molar-refractivity contribution >= 4 is 5.69 Å². The summed E-state index contributed by atoms with van der Waals surface area (Å²) in [7, 11) is 0. The molecule has 1 aromatic heterocycles. The fraction of sp³-hybridized carbons (Fsp3) is 0. The van der Waals surface area contributed by atoms with Crippen molar-refractivity contribution in [2.75, 3.05) is 0 Å². The van der Waals surface area contributed by atoms with Gasteiger partial charge in [0, 0.05) is 0 Å². The predicted molar refractivity (Wildman–Crippen MR) is 47.4 cm³/mol. The van der Waals surface area contributed by atoms with Gasteiger partial charge in [-0.3, -0.25) is 0 Å². The quantitative estimate of drug-likeness (QED) is 0.639. The highest BCUT2D eigenvalue weighted by Crippen LogP contribution is 2.09. The lowest BCUT2D eigenvalue weighted by Gasteiger charge is -1.89. The molecule has 0 aliphatic heterocycles. The molecule has 2 rings (SSSR count). The molecule has 0 amide bonds. The monoisotopic (exact) mass is 171 g/mol. The molecule has 0 aliphatic rings. The molecule has 0 atom stereocenters. The lowest BCUT2D eigenvalue weighted by Crippen LogP contribution is -1.84. The van der Waals surface area contributed by atoms with E-state index in [0.717, 1.165) is 5.69 Å². The molecule has 0 spiro atoms. The zero-order chi connectivity index (χ0) is 8.93. The summed E-state index contributed by atoms with van der Waals surface area (Å²) in [5.41, 5.74) is 0.804. The minimum Gasteiger partial charge on any atom is -0.147 e. The number of aromatic nitrogens is 2. The van der Waals surface area contributed by atoms with Crippen LogP contribution in [0.25, 0.3) is 0 Å². The van der Waals surface area contributed by atoms with E-state index in [9.17, 15) is 0 Å². The van der Waals surface area contributed by atoms with Crippen LogP contribution in [0.5, 0.6) is 0 Å².